The summed E-state index contributed by atoms with van der Waals surface area (Å²) in [4.78, 5) is 0. The maximum absolute atomic E-state index is 2.48. The van der Waals surface area contributed by atoms with Crippen molar-refractivity contribution in [3.8, 4) is 22.3 Å². The molecule has 0 N–H and O–H groups in total. The number of hydrogen-bond acceptors (Lipinski definition) is 0. The first kappa shape index (κ1) is 32.1. The minimum atomic E-state index is 0.0533. The number of fused-ring (bicyclic) bond motifs is 5. The van der Waals surface area contributed by atoms with E-state index in [0.29, 0.717) is 0 Å². The molecule has 0 bridgehead atoms. The van der Waals surface area contributed by atoms with Crippen LogP contribution in [0.1, 0.15) is 105 Å². The SMILES string of the molecule is CC(C)(C)c1cc(-c2cc3c4ccccc4c(-c4cc(C(C)(C)C)cc(C(C)(C)C)c4)cc3c3ccccc23)cc(C(C)(C)C)c1. The summed E-state index contributed by atoms with van der Waals surface area (Å²) >= 11 is 0. The van der Waals surface area contributed by atoms with E-state index >= 15 is 0 Å². The summed E-state index contributed by atoms with van der Waals surface area (Å²) in [6.07, 6.45) is 0. The van der Waals surface area contributed by atoms with Gasteiger partial charge < -0.3 is 0 Å². The van der Waals surface area contributed by atoms with E-state index in [-0.39, 0.29) is 21.7 Å². The molecule has 0 spiro atoms. The lowest BCUT2D eigenvalue weighted by Gasteiger charge is -2.27. The standard InChI is InChI=1S/C46H52/c1-43(2,3)31-21-29(22-32(25-31)44(4,5)6)39-27-41-38-20-16-14-18-36(38)40(28-42(41)37-19-15-13-17-35(37)39)30-23-33(45(7,8)9)26-34(24-30)46(10,11)12/h13-28H,1-12H3. The van der Waals surface area contributed by atoms with E-state index in [1.54, 1.807) is 0 Å². The molecule has 6 aromatic rings. The third-order valence-corrected chi connectivity index (χ3v) is 9.83. The second kappa shape index (κ2) is 10.8. The Hall–Kier alpha value is -3.90. The monoisotopic (exact) mass is 604 g/mol. The Morgan fingerprint density at radius 1 is 0.283 bits per heavy atom. The van der Waals surface area contributed by atoms with Gasteiger partial charge in [0.05, 0.1) is 0 Å². The summed E-state index contributed by atoms with van der Waals surface area (Å²) in [6.45, 7) is 27.9. The third-order valence-electron chi connectivity index (χ3n) is 9.83. The molecule has 0 heteroatoms. The fourth-order valence-corrected chi connectivity index (χ4v) is 6.73. The lowest BCUT2D eigenvalue weighted by molar-refractivity contribution is 0.568. The molecule has 0 atom stereocenters. The molecule has 0 saturated heterocycles. The van der Waals surface area contributed by atoms with Crippen molar-refractivity contribution < 1.29 is 0 Å². The summed E-state index contributed by atoms with van der Waals surface area (Å²) in [6, 6.07) is 37.6. The predicted octanol–water partition coefficient (Wildman–Crippen LogP) is 13.7. The molecule has 6 rings (SSSR count). The maximum Gasteiger partial charge on any atom is -0.00923 e. The zero-order chi connectivity index (χ0) is 33.4. The Bertz CT molecular complexity index is 1890. The van der Waals surface area contributed by atoms with Crippen molar-refractivity contribution in [3.63, 3.8) is 0 Å². The van der Waals surface area contributed by atoms with Crippen LogP contribution in [0.2, 0.25) is 0 Å². The second-order valence-electron chi connectivity index (χ2n) is 17.6. The van der Waals surface area contributed by atoms with Crippen LogP contribution >= 0.6 is 0 Å². The molecule has 0 fully saturated rings. The predicted molar refractivity (Wildman–Crippen MR) is 205 cm³/mol. The Morgan fingerprint density at radius 2 is 0.543 bits per heavy atom. The van der Waals surface area contributed by atoms with Gasteiger partial charge in [0, 0.05) is 0 Å². The average molecular weight is 605 g/mol. The molecule has 236 valence electrons. The summed E-state index contributed by atoms with van der Waals surface area (Å²) in [5.41, 5.74) is 11.0. The van der Waals surface area contributed by atoms with Crippen molar-refractivity contribution in [2.75, 3.05) is 0 Å². The quantitative estimate of drug-likeness (QED) is 0.172. The van der Waals surface area contributed by atoms with Crippen LogP contribution in [-0.4, -0.2) is 0 Å². The highest BCUT2D eigenvalue weighted by Gasteiger charge is 2.24. The normalized spacial score (nSPS) is 13.2. The van der Waals surface area contributed by atoms with Gasteiger partial charge in [-0.1, -0.05) is 168 Å². The van der Waals surface area contributed by atoms with Crippen molar-refractivity contribution in [2.24, 2.45) is 0 Å². The van der Waals surface area contributed by atoms with Crippen LogP contribution in [0.4, 0.5) is 0 Å². The van der Waals surface area contributed by atoms with Crippen LogP contribution in [0.5, 0.6) is 0 Å². The molecule has 0 unspecified atom stereocenters. The third kappa shape index (κ3) is 5.88. The van der Waals surface area contributed by atoms with Gasteiger partial charge in [-0.15, -0.1) is 0 Å². The van der Waals surface area contributed by atoms with Gasteiger partial charge in [0.2, 0.25) is 0 Å². The molecule has 0 radical (unpaired) electrons. The zero-order valence-corrected chi connectivity index (χ0v) is 30.2. The van der Waals surface area contributed by atoms with Gasteiger partial charge in [-0.2, -0.15) is 0 Å². The summed E-state index contributed by atoms with van der Waals surface area (Å²) in [7, 11) is 0. The molecule has 0 nitrogen and oxygen atoms in total. The van der Waals surface area contributed by atoms with Gasteiger partial charge in [-0.3, -0.25) is 0 Å². The molecule has 0 aliphatic rings. The van der Waals surface area contributed by atoms with E-state index in [9.17, 15) is 0 Å². The molecular formula is C46H52. The van der Waals surface area contributed by atoms with Gasteiger partial charge in [0.15, 0.2) is 0 Å². The largest absolute Gasteiger partial charge is 0.0616 e. The van der Waals surface area contributed by atoms with E-state index in [4.69, 9.17) is 0 Å². The van der Waals surface area contributed by atoms with Crippen molar-refractivity contribution in [1.82, 2.24) is 0 Å². The maximum atomic E-state index is 2.48. The Labute approximate surface area is 277 Å². The van der Waals surface area contributed by atoms with Crippen molar-refractivity contribution in [2.45, 2.75) is 105 Å². The van der Waals surface area contributed by atoms with Crippen LogP contribution < -0.4 is 0 Å². The lowest BCUT2D eigenvalue weighted by atomic mass is 9.77. The minimum absolute atomic E-state index is 0.0533. The summed E-state index contributed by atoms with van der Waals surface area (Å²) in [5, 5.41) is 7.86. The molecule has 0 aliphatic carbocycles. The Kier molecular flexibility index (Phi) is 7.55. The van der Waals surface area contributed by atoms with Crippen LogP contribution in [0.15, 0.2) is 97.1 Å². The highest BCUT2D eigenvalue weighted by Crippen LogP contribution is 2.44. The molecule has 46 heavy (non-hydrogen) atoms. The molecule has 0 saturated carbocycles. The van der Waals surface area contributed by atoms with E-state index in [1.807, 2.05) is 0 Å². The van der Waals surface area contributed by atoms with E-state index < -0.39 is 0 Å². The van der Waals surface area contributed by atoms with Gasteiger partial charge >= 0.3 is 0 Å². The average Bonchev–Trinajstić information content (AvgIpc) is 2.98. The first-order valence-corrected chi connectivity index (χ1v) is 17.0. The summed E-state index contributed by atoms with van der Waals surface area (Å²) in [5.74, 6) is 0. The fourth-order valence-electron chi connectivity index (χ4n) is 6.73. The zero-order valence-electron chi connectivity index (χ0n) is 30.2. The Morgan fingerprint density at radius 3 is 0.804 bits per heavy atom. The fraction of sp³-hybridized carbons (Fsp3) is 0.348. The second-order valence-corrected chi connectivity index (χ2v) is 17.6. The van der Waals surface area contributed by atoms with Crippen molar-refractivity contribution >= 4 is 32.3 Å². The van der Waals surface area contributed by atoms with Crippen molar-refractivity contribution in [1.29, 1.82) is 0 Å². The van der Waals surface area contributed by atoms with Crippen LogP contribution in [0, 0.1) is 0 Å². The Balaban J connectivity index is 1.73. The van der Waals surface area contributed by atoms with Gasteiger partial charge in [0.1, 0.15) is 0 Å². The molecule has 6 aromatic carbocycles. The topological polar surface area (TPSA) is 0 Å². The number of rotatable bonds is 2. The van der Waals surface area contributed by atoms with Crippen molar-refractivity contribution in [3.05, 3.63) is 119 Å². The van der Waals surface area contributed by atoms with E-state index in [2.05, 4.69) is 180 Å². The molecule has 0 heterocycles. The lowest BCUT2D eigenvalue weighted by Crippen LogP contribution is -2.16. The molecule has 0 amide bonds. The minimum Gasteiger partial charge on any atom is -0.0616 e. The highest BCUT2D eigenvalue weighted by atomic mass is 14.3. The van der Waals surface area contributed by atoms with E-state index in [0.717, 1.165) is 0 Å². The van der Waals surface area contributed by atoms with Crippen LogP contribution in [0.25, 0.3) is 54.6 Å². The van der Waals surface area contributed by atoms with Crippen LogP contribution in [-0.2, 0) is 21.7 Å². The van der Waals surface area contributed by atoms with Gasteiger partial charge in [-0.25, -0.2) is 0 Å². The number of benzene rings is 6. The smallest absolute Gasteiger partial charge is 0.00923 e. The highest BCUT2D eigenvalue weighted by molar-refractivity contribution is 6.23. The summed E-state index contributed by atoms with van der Waals surface area (Å²) < 4.78 is 0. The van der Waals surface area contributed by atoms with E-state index in [1.165, 1.54) is 76.8 Å². The first-order chi connectivity index (χ1) is 21.3. The molecule has 0 aromatic heterocycles. The van der Waals surface area contributed by atoms with Gasteiger partial charge in [-0.05, 0) is 111 Å². The first-order valence-electron chi connectivity index (χ1n) is 17.0. The van der Waals surface area contributed by atoms with Crippen LogP contribution in [0.3, 0.4) is 0 Å². The molecular weight excluding hydrogens is 553 g/mol. The number of hydrogen-bond donors (Lipinski definition) is 0. The van der Waals surface area contributed by atoms with Gasteiger partial charge in [0.25, 0.3) is 0 Å². The molecule has 0 aliphatic heterocycles.